The number of amides is 1. The van der Waals surface area contributed by atoms with Gasteiger partial charge in [0.1, 0.15) is 5.78 Å². The van der Waals surface area contributed by atoms with Crippen molar-refractivity contribution in [2.24, 2.45) is 11.3 Å². The molecule has 2 aromatic rings. The molecule has 0 spiro atoms. The Hall–Kier alpha value is -2.50. The molecule has 4 rings (SSSR count). The lowest BCUT2D eigenvalue weighted by Crippen LogP contribution is -2.46. The highest BCUT2D eigenvalue weighted by Gasteiger charge is 2.53. The van der Waals surface area contributed by atoms with Gasteiger partial charge >= 0.3 is 0 Å². The first kappa shape index (κ1) is 17.9. The van der Waals surface area contributed by atoms with E-state index in [0.717, 1.165) is 30.5 Å². The van der Waals surface area contributed by atoms with E-state index >= 15 is 0 Å². The van der Waals surface area contributed by atoms with Crippen molar-refractivity contribution in [2.75, 3.05) is 6.54 Å². The Kier molecular flexibility index (Phi) is 4.36. The zero-order chi connectivity index (χ0) is 19.2. The number of hydrogen-bond donors (Lipinski definition) is 0. The van der Waals surface area contributed by atoms with Crippen LogP contribution in [-0.4, -0.2) is 33.3 Å². The summed E-state index contributed by atoms with van der Waals surface area (Å²) in [6.45, 7) is 7.27. The monoisotopic (exact) mass is 367 g/mol. The van der Waals surface area contributed by atoms with Crippen LogP contribution in [0.15, 0.2) is 28.8 Å². The molecule has 1 saturated heterocycles. The molecule has 2 aliphatic rings. The summed E-state index contributed by atoms with van der Waals surface area (Å²) in [4.78, 5) is 30.1. The van der Waals surface area contributed by atoms with Crippen molar-refractivity contribution < 1.29 is 14.1 Å². The fourth-order valence-corrected chi connectivity index (χ4v) is 4.43. The van der Waals surface area contributed by atoms with Crippen LogP contribution in [0.25, 0.3) is 11.4 Å². The van der Waals surface area contributed by atoms with Crippen molar-refractivity contribution in [2.45, 2.75) is 52.5 Å². The van der Waals surface area contributed by atoms with E-state index in [1.165, 1.54) is 0 Å². The number of ketones is 1. The largest absolute Gasteiger partial charge is 0.339 e. The molecule has 1 aromatic heterocycles. The molecule has 2 heterocycles. The summed E-state index contributed by atoms with van der Waals surface area (Å²) in [6, 6.07) is 7.95. The minimum atomic E-state index is -0.159. The van der Waals surface area contributed by atoms with Gasteiger partial charge in [-0.25, -0.2) is 0 Å². The minimum Gasteiger partial charge on any atom is -0.339 e. The van der Waals surface area contributed by atoms with E-state index in [2.05, 4.69) is 24.0 Å². The Balaban J connectivity index is 1.51. The van der Waals surface area contributed by atoms with E-state index in [0.29, 0.717) is 24.7 Å². The van der Waals surface area contributed by atoms with Crippen molar-refractivity contribution in [1.82, 2.24) is 15.0 Å². The molecule has 0 N–H and O–H groups in total. The molecule has 142 valence electrons. The van der Waals surface area contributed by atoms with E-state index < -0.39 is 0 Å². The van der Waals surface area contributed by atoms with Gasteiger partial charge in [-0.2, -0.15) is 4.98 Å². The van der Waals surface area contributed by atoms with Crippen molar-refractivity contribution >= 4 is 11.7 Å². The molecule has 0 unspecified atom stereocenters. The minimum absolute atomic E-state index is 0.0548. The van der Waals surface area contributed by atoms with Crippen molar-refractivity contribution in [3.8, 4) is 11.4 Å². The van der Waals surface area contributed by atoms with Crippen LogP contribution >= 0.6 is 0 Å². The highest BCUT2D eigenvalue weighted by molar-refractivity contribution is 5.80. The van der Waals surface area contributed by atoms with Gasteiger partial charge in [0.15, 0.2) is 0 Å². The lowest BCUT2D eigenvalue weighted by Gasteiger charge is -2.49. The van der Waals surface area contributed by atoms with Gasteiger partial charge in [0.2, 0.25) is 17.6 Å². The zero-order valence-corrected chi connectivity index (χ0v) is 16.1. The zero-order valence-electron chi connectivity index (χ0n) is 16.1. The molecular weight excluding hydrogens is 342 g/mol. The number of carbonyl (C=O) groups excluding carboxylic acids is 2. The molecule has 1 aromatic carbocycles. The highest BCUT2D eigenvalue weighted by Crippen LogP contribution is 2.56. The number of Topliss-reactive ketones (excluding diaryl/α,β-unsaturated/α-hetero) is 1. The summed E-state index contributed by atoms with van der Waals surface area (Å²) in [7, 11) is 0. The SMILES string of the molecule is CC(=O)[C@@H]1C[C@H](c2nc(-c3cccc(CN4CCCC4=O)c3)no2)C1(C)C. The Morgan fingerprint density at radius 3 is 2.85 bits per heavy atom. The smallest absolute Gasteiger partial charge is 0.230 e. The molecule has 27 heavy (non-hydrogen) atoms. The molecule has 2 atom stereocenters. The Morgan fingerprint density at radius 1 is 1.37 bits per heavy atom. The fourth-order valence-electron chi connectivity index (χ4n) is 4.43. The highest BCUT2D eigenvalue weighted by atomic mass is 16.5. The Morgan fingerprint density at radius 2 is 2.19 bits per heavy atom. The predicted molar refractivity (Wildman–Crippen MR) is 99.7 cm³/mol. The van der Waals surface area contributed by atoms with E-state index in [-0.39, 0.29) is 28.9 Å². The van der Waals surface area contributed by atoms with Gasteiger partial charge in [0.25, 0.3) is 0 Å². The molecule has 0 radical (unpaired) electrons. The molecule has 1 aliphatic carbocycles. The van der Waals surface area contributed by atoms with Crippen LogP contribution in [0.2, 0.25) is 0 Å². The lowest BCUT2D eigenvalue weighted by atomic mass is 9.53. The van der Waals surface area contributed by atoms with Gasteiger partial charge in [-0.15, -0.1) is 0 Å². The van der Waals surface area contributed by atoms with Crippen LogP contribution in [0.5, 0.6) is 0 Å². The molecule has 6 heteroatoms. The number of likely N-dealkylation sites (tertiary alicyclic amines) is 1. The normalized spacial score (nSPS) is 24.1. The van der Waals surface area contributed by atoms with Crippen LogP contribution in [0.1, 0.15) is 57.4 Å². The number of rotatable bonds is 5. The topological polar surface area (TPSA) is 76.3 Å². The van der Waals surface area contributed by atoms with Gasteiger partial charge in [0, 0.05) is 36.9 Å². The van der Waals surface area contributed by atoms with Gasteiger partial charge < -0.3 is 9.42 Å². The second kappa shape index (κ2) is 6.59. The van der Waals surface area contributed by atoms with Crippen molar-refractivity contribution in [3.05, 3.63) is 35.7 Å². The molecule has 1 saturated carbocycles. The molecule has 1 amide bonds. The third kappa shape index (κ3) is 3.17. The Bertz CT molecular complexity index is 886. The summed E-state index contributed by atoms with van der Waals surface area (Å²) in [5, 5.41) is 4.16. The van der Waals surface area contributed by atoms with E-state index in [1.54, 1.807) is 6.92 Å². The van der Waals surface area contributed by atoms with Crippen LogP contribution in [0, 0.1) is 11.3 Å². The molecule has 2 fully saturated rings. The average molecular weight is 367 g/mol. The van der Waals surface area contributed by atoms with Crippen LogP contribution in [0.3, 0.4) is 0 Å². The number of hydrogen-bond acceptors (Lipinski definition) is 5. The maximum atomic E-state index is 11.8. The summed E-state index contributed by atoms with van der Waals surface area (Å²) in [5.41, 5.74) is 1.79. The van der Waals surface area contributed by atoms with Gasteiger partial charge in [-0.05, 0) is 36.8 Å². The van der Waals surface area contributed by atoms with Gasteiger partial charge in [0.05, 0.1) is 0 Å². The molecule has 1 aliphatic heterocycles. The lowest BCUT2D eigenvalue weighted by molar-refractivity contribution is -0.132. The van der Waals surface area contributed by atoms with E-state index in [9.17, 15) is 9.59 Å². The van der Waals surface area contributed by atoms with E-state index in [1.807, 2.05) is 29.2 Å². The number of aromatic nitrogens is 2. The number of nitrogens with zero attached hydrogens (tertiary/aromatic N) is 3. The van der Waals surface area contributed by atoms with Gasteiger partial charge in [-0.3, -0.25) is 9.59 Å². The van der Waals surface area contributed by atoms with Crippen molar-refractivity contribution in [3.63, 3.8) is 0 Å². The van der Waals surface area contributed by atoms with Gasteiger partial charge in [-0.1, -0.05) is 37.2 Å². The maximum absolute atomic E-state index is 11.8. The Labute approximate surface area is 158 Å². The third-order valence-electron chi connectivity index (χ3n) is 6.23. The van der Waals surface area contributed by atoms with Crippen molar-refractivity contribution in [1.29, 1.82) is 0 Å². The predicted octanol–water partition coefficient (Wildman–Crippen LogP) is 3.58. The second-order valence-corrected chi connectivity index (χ2v) is 8.35. The summed E-state index contributed by atoms with van der Waals surface area (Å²) >= 11 is 0. The van der Waals surface area contributed by atoms with Crippen LogP contribution < -0.4 is 0 Å². The quantitative estimate of drug-likeness (QED) is 0.807. The number of carbonyl (C=O) groups is 2. The molecular formula is C21H25N3O3. The molecule has 6 nitrogen and oxygen atoms in total. The van der Waals surface area contributed by atoms with Crippen LogP contribution in [0.4, 0.5) is 0 Å². The fraction of sp³-hybridized carbons (Fsp3) is 0.524. The molecule has 0 bridgehead atoms. The van der Waals surface area contributed by atoms with Crippen LogP contribution in [-0.2, 0) is 16.1 Å². The number of benzene rings is 1. The standard InChI is InChI=1S/C21H25N3O3/c1-13(25)16-11-17(21(16,2)3)20-22-19(23-27-20)15-7-4-6-14(10-15)12-24-9-5-8-18(24)26/h4,6-7,10,16-17H,5,8-9,11-12H2,1-3H3/t16-,17+/m0/s1. The summed E-state index contributed by atoms with van der Waals surface area (Å²) in [6.07, 6.45) is 2.35. The summed E-state index contributed by atoms with van der Waals surface area (Å²) in [5.74, 6) is 1.76. The first-order valence-corrected chi connectivity index (χ1v) is 9.57. The third-order valence-corrected chi connectivity index (χ3v) is 6.23. The summed E-state index contributed by atoms with van der Waals surface area (Å²) < 4.78 is 5.54. The van der Waals surface area contributed by atoms with E-state index in [4.69, 9.17) is 4.52 Å². The average Bonchev–Trinajstić information content (AvgIpc) is 3.24. The maximum Gasteiger partial charge on any atom is 0.230 e. The first-order chi connectivity index (χ1) is 12.9. The second-order valence-electron chi connectivity index (χ2n) is 8.35. The first-order valence-electron chi connectivity index (χ1n) is 9.57.